The summed E-state index contributed by atoms with van der Waals surface area (Å²) in [6.07, 6.45) is 4.10. The Hall–Kier alpha value is -2.50. The number of aryl methyl sites for hydroxylation is 1. The van der Waals surface area contributed by atoms with Crippen molar-refractivity contribution in [2.24, 2.45) is 0 Å². The quantitative estimate of drug-likeness (QED) is 0.895. The molecule has 128 valence electrons. The van der Waals surface area contributed by atoms with E-state index in [1.54, 1.807) is 0 Å². The van der Waals surface area contributed by atoms with Crippen LogP contribution in [0.25, 0.3) is 11.3 Å². The first-order chi connectivity index (χ1) is 11.7. The van der Waals surface area contributed by atoms with Gasteiger partial charge in [-0.3, -0.25) is 10.4 Å². The van der Waals surface area contributed by atoms with Crippen LogP contribution < -0.4 is 10.2 Å². The molecule has 0 unspecified atom stereocenters. The molecular formula is C18H24N4O2. The van der Waals surface area contributed by atoms with E-state index in [4.69, 9.17) is 4.74 Å². The molecule has 0 atom stereocenters. The van der Waals surface area contributed by atoms with E-state index in [9.17, 15) is 4.79 Å². The van der Waals surface area contributed by atoms with E-state index in [-0.39, 0.29) is 0 Å². The molecule has 1 fully saturated rings. The second-order valence-electron chi connectivity index (χ2n) is 5.99. The van der Waals surface area contributed by atoms with E-state index in [0.29, 0.717) is 5.69 Å². The number of H-pyrrole nitrogens is 1. The number of aromatic amines is 1. The number of amides is 1. The molecule has 1 aliphatic heterocycles. The highest BCUT2D eigenvalue weighted by Crippen LogP contribution is 2.31. The van der Waals surface area contributed by atoms with E-state index in [0.717, 1.165) is 36.5 Å². The number of benzene rings is 1. The molecular weight excluding hydrogens is 304 g/mol. The molecule has 0 spiro atoms. The molecule has 2 aromatic rings. The Balaban J connectivity index is 1.85. The van der Waals surface area contributed by atoms with E-state index < -0.39 is 6.09 Å². The lowest BCUT2D eigenvalue weighted by molar-refractivity contribution is 0.187. The van der Waals surface area contributed by atoms with Crippen LogP contribution >= 0.6 is 0 Å². The number of hydrogen-bond donors (Lipinski definition) is 2. The summed E-state index contributed by atoms with van der Waals surface area (Å²) in [4.78, 5) is 14.0. The normalized spacial score (nSPS) is 14.5. The number of carbonyl (C=O) groups excluding carboxylic acids is 1. The van der Waals surface area contributed by atoms with E-state index >= 15 is 0 Å². The van der Waals surface area contributed by atoms with E-state index in [2.05, 4.69) is 44.7 Å². The zero-order chi connectivity index (χ0) is 16.9. The number of carbonyl (C=O) groups is 1. The average molecular weight is 328 g/mol. The van der Waals surface area contributed by atoms with Gasteiger partial charge in [0.2, 0.25) is 0 Å². The average Bonchev–Trinajstić information content (AvgIpc) is 3.05. The number of ether oxygens (including phenoxy) is 1. The largest absolute Gasteiger partial charge is 0.453 e. The van der Waals surface area contributed by atoms with Crippen molar-refractivity contribution in [3.63, 3.8) is 0 Å². The van der Waals surface area contributed by atoms with Gasteiger partial charge in [-0.1, -0.05) is 19.1 Å². The van der Waals surface area contributed by atoms with Gasteiger partial charge in [-0.05, 0) is 37.8 Å². The highest BCUT2D eigenvalue weighted by molar-refractivity contribution is 5.91. The van der Waals surface area contributed by atoms with Crippen molar-refractivity contribution < 1.29 is 9.53 Å². The van der Waals surface area contributed by atoms with Crippen LogP contribution in [0.1, 0.15) is 31.9 Å². The Kier molecular flexibility index (Phi) is 5.03. The minimum Gasteiger partial charge on any atom is -0.453 e. The number of methoxy groups -OCH3 is 1. The molecule has 1 aliphatic rings. The maximum Gasteiger partial charge on any atom is 0.411 e. The fraction of sp³-hybridized carbons (Fsp3) is 0.444. The highest BCUT2D eigenvalue weighted by atomic mass is 16.5. The summed E-state index contributed by atoms with van der Waals surface area (Å²) in [5, 5.41) is 10.1. The monoisotopic (exact) mass is 328 g/mol. The molecule has 0 radical (unpaired) electrons. The predicted molar refractivity (Wildman–Crippen MR) is 95.5 cm³/mol. The Morgan fingerprint density at radius 3 is 2.58 bits per heavy atom. The van der Waals surface area contributed by atoms with E-state index in [1.165, 1.54) is 32.1 Å². The number of hydrogen-bond acceptors (Lipinski definition) is 4. The third kappa shape index (κ3) is 3.37. The first-order valence-corrected chi connectivity index (χ1v) is 8.50. The summed E-state index contributed by atoms with van der Waals surface area (Å²) in [7, 11) is 1.36. The Morgan fingerprint density at radius 1 is 1.25 bits per heavy atom. The standard InChI is InChI=1S/C18H24N4O2/c1-3-15-17(19-18(23)24-2)16(21-20-15)13-7-9-14(10-8-13)22-11-5-4-6-12-22/h7-10H,3-6,11-12H2,1-2H3,(H,19,23)(H,20,21). The minimum absolute atomic E-state index is 0.489. The lowest BCUT2D eigenvalue weighted by Gasteiger charge is -2.28. The zero-order valence-electron chi connectivity index (χ0n) is 14.3. The predicted octanol–water partition coefficient (Wildman–Crippen LogP) is 3.81. The van der Waals surface area contributed by atoms with Gasteiger partial charge < -0.3 is 9.64 Å². The maximum absolute atomic E-state index is 11.6. The van der Waals surface area contributed by atoms with Gasteiger partial charge >= 0.3 is 6.09 Å². The second-order valence-corrected chi connectivity index (χ2v) is 5.99. The molecule has 0 saturated carbocycles. The van der Waals surface area contributed by atoms with Crippen LogP contribution in [-0.2, 0) is 11.2 Å². The summed E-state index contributed by atoms with van der Waals surface area (Å²) < 4.78 is 4.71. The van der Waals surface area contributed by atoms with Gasteiger partial charge in [0.15, 0.2) is 0 Å². The highest BCUT2D eigenvalue weighted by Gasteiger charge is 2.17. The SMILES string of the molecule is CCc1[nH]nc(-c2ccc(N3CCCCC3)cc2)c1NC(=O)OC. The first-order valence-electron chi connectivity index (χ1n) is 8.50. The van der Waals surface area contributed by atoms with Crippen molar-refractivity contribution in [2.75, 3.05) is 30.4 Å². The maximum atomic E-state index is 11.6. The fourth-order valence-electron chi connectivity index (χ4n) is 3.11. The molecule has 24 heavy (non-hydrogen) atoms. The fourth-order valence-corrected chi connectivity index (χ4v) is 3.11. The van der Waals surface area contributed by atoms with Crippen molar-refractivity contribution in [3.05, 3.63) is 30.0 Å². The van der Waals surface area contributed by atoms with Crippen molar-refractivity contribution in [1.29, 1.82) is 0 Å². The van der Waals surface area contributed by atoms with Crippen LogP contribution in [0.4, 0.5) is 16.2 Å². The Morgan fingerprint density at radius 2 is 1.96 bits per heavy atom. The molecule has 3 rings (SSSR count). The summed E-state index contributed by atoms with van der Waals surface area (Å²) in [5.41, 5.74) is 4.53. The van der Waals surface area contributed by atoms with E-state index in [1.807, 2.05) is 6.92 Å². The van der Waals surface area contributed by atoms with Crippen molar-refractivity contribution in [1.82, 2.24) is 10.2 Å². The number of piperidine rings is 1. The van der Waals surface area contributed by atoms with Gasteiger partial charge in [0.1, 0.15) is 5.69 Å². The second kappa shape index (κ2) is 7.38. The van der Waals surface area contributed by atoms with Crippen molar-refractivity contribution in [3.8, 4) is 11.3 Å². The van der Waals surface area contributed by atoms with Gasteiger partial charge in [-0.25, -0.2) is 4.79 Å². The molecule has 1 amide bonds. The molecule has 0 bridgehead atoms. The van der Waals surface area contributed by atoms with Crippen molar-refractivity contribution in [2.45, 2.75) is 32.6 Å². The molecule has 2 N–H and O–H groups in total. The van der Waals surface area contributed by atoms with Crippen LogP contribution in [0, 0.1) is 0 Å². The molecule has 6 heteroatoms. The topological polar surface area (TPSA) is 70.2 Å². The van der Waals surface area contributed by atoms with Crippen LogP contribution in [0.2, 0.25) is 0 Å². The number of aromatic nitrogens is 2. The van der Waals surface area contributed by atoms with Crippen LogP contribution in [0.5, 0.6) is 0 Å². The van der Waals surface area contributed by atoms with Gasteiger partial charge in [0, 0.05) is 24.3 Å². The first kappa shape index (κ1) is 16.4. The van der Waals surface area contributed by atoms with Crippen LogP contribution in [0.3, 0.4) is 0 Å². The van der Waals surface area contributed by atoms with Gasteiger partial charge in [0.05, 0.1) is 18.5 Å². The number of nitrogens with zero attached hydrogens (tertiary/aromatic N) is 2. The molecule has 6 nitrogen and oxygen atoms in total. The van der Waals surface area contributed by atoms with Gasteiger partial charge in [-0.2, -0.15) is 5.10 Å². The smallest absolute Gasteiger partial charge is 0.411 e. The third-order valence-corrected chi connectivity index (χ3v) is 4.47. The number of rotatable bonds is 4. The lowest BCUT2D eigenvalue weighted by Crippen LogP contribution is -2.29. The molecule has 0 aliphatic carbocycles. The Bertz CT molecular complexity index is 688. The summed E-state index contributed by atoms with van der Waals surface area (Å²) >= 11 is 0. The molecule has 2 heterocycles. The molecule has 1 aromatic heterocycles. The summed E-state index contributed by atoms with van der Waals surface area (Å²) in [6, 6.07) is 8.37. The van der Waals surface area contributed by atoms with Gasteiger partial charge in [0.25, 0.3) is 0 Å². The lowest BCUT2D eigenvalue weighted by atomic mass is 10.1. The third-order valence-electron chi connectivity index (χ3n) is 4.47. The van der Waals surface area contributed by atoms with Crippen molar-refractivity contribution >= 4 is 17.5 Å². The minimum atomic E-state index is -0.489. The molecule has 1 aromatic carbocycles. The zero-order valence-corrected chi connectivity index (χ0v) is 14.3. The summed E-state index contributed by atoms with van der Waals surface area (Å²) in [5.74, 6) is 0. The Labute approximate surface area is 142 Å². The number of nitrogens with one attached hydrogen (secondary N) is 2. The number of anilines is 2. The molecule has 1 saturated heterocycles. The van der Waals surface area contributed by atoms with Crippen LogP contribution in [-0.4, -0.2) is 36.5 Å². The summed E-state index contributed by atoms with van der Waals surface area (Å²) in [6.45, 7) is 4.26. The van der Waals surface area contributed by atoms with Gasteiger partial charge in [-0.15, -0.1) is 0 Å². The van der Waals surface area contributed by atoms with Crippen LogP contribution in [0.15, 0.2) is 24.3 Å².